The van der Waals surface area contributed by atoms with Gasteiger partial charge in [0.15, 0.2) is 0 Å². The van der Waals surface area contributed by atoms with Crippen LogP contribution in [0, 0.1) is 5.82 Å². The second-order valence-corrected chi connectivity index (χ2v) is 5.61. The lowest BCUT2D eigenvalue weighted by molar-refractivity contribution is 0.613. The van der Waals surface area contributed by atoms with Crippen LogP contribution in [-0.2, 0) is 6.54 Å². The molecule has 3 N–H and O–H groups in total. The van der Waals surface area contributed by atoms with Gasteiger partial charge in [0.25, 0.3) is 0 Å². The Kier molecular flexibility index (Phi) is 3.75. The number of anilines is 2. The van der Waals surface area contributed by atoms with Gasteiger partial charge in [-0.2, -0.15) is 0 Å². The van der Waals surface area contributed by atoms with E-state index in [0.717, 1.165) is 21.1 Å². The Morgan fingerprint density at radius 3 is 2.81 bits per heavy atom. The van der Waals surface area contributed by atoms with Crippen LogP contribution in [0.1, 0.15) is 5.56 Å². The van der Waals surface area contributed by atoms with E-state index >= 15 is 0 Å². The fourth-order valence-electron chi connectivity index (χ4n) is 2.19. The number of aromatic nitrogens is 1. The lowest BCUT2D eigenvalue weighted by Gasteiger charge is -2.11. The summed E-state index contributed by atoms with van der Waals surface area (Å²) in [4.78, 5) is 4.39. The topological polar surface area (TPSA) is 50.9 Å². The monoisotopic (exact) mass is 345 g/mol. The van der Waals surface area contributed by atoms with Gasteiger partial charge >= 0.3 is 0 Å². The van der Waals surface area contributed by atoms with Crippen molar-refractivity contribution in [2.24, 2.45) is 0 Å². The normalized spacial score (nSPS) is 10.8. The Bertz CT molecular complexity index is 805. The minimum Gasteiger partial charge on any atom is -0.398 e. The first-order valence-electron chi connectivity index (χ1n) is 6.46. The summed E-state index contributed by atoms with van der Waals surface area (Å²) in [5.74, 6) is -0.222. The second kappa shape index (κ2) is 5.69. The van der Waals surface area contributed by atoms with Crippen molar-refractivity contribution in [3.8, 4) is 0 Å². The number of nitrogens with two attached hydrogens (primary N) is 1. The molecule has 0 aliphatic heterocycles. The lowest BCUT2D eigenvalue weighted by atomic mass is 10.1. The largest absolute Gasteiger partial charge is 0.398 e. The highest BCUT2D eigenvalue weighted by molar-refractivity contribution is 9.10. The van der Waals surface area contributed by atoms with Crippen molar-refractivity contribution in [3.05, 3.63) is 64.5 Å². The van der Waals surface area contributed by atoms with Gasteiger partial charge in [0.2, 0.25) is 0 Å². The Hall–Kier alpha value is -2.14. The molecule has 0 saturated heterocycles. The van der Waals surface area contributed by atoms with Crippen LogP contribution in [0.15, 0.2) is 53.1 Å². The molecule has 106 valence electrons. The maximum atomic E-state index is 13.6. The van der Waals surface area contributed by atoms with Gasteiger partial charge in [-0.15, -0.1) is 0 Å². The van der Waals surface area contributed by atoms with Crippen molar-refractivity contribution in [3.63, 3.8) is 0 Å². The summed E-state index contributed by atoms with van der Waals surface area (Å²) in [5, 5.41) is 4.08. The predicted octanol–water partition coefficient (Wildman–Crippen LogP) is 4.33. The van der Waals surface area contributed by atoms with Gasteiger partial charge in [0.1, 0.15) is 5.82 Å². The van der Waals surface area contributed by atoms with Crippen LogP contribution >= 0.6 is 15.9 Å². The molecule has 2 aromatic carbocycles. The number of nitrogens with one attached hydrogen (secondary N) is 1. The maximum absolute atomic E-state index is 13.6. The summed E-state index contributed by atoms with van der Waals surface area (Å²) in [5.41, 5.74) is 8.85. The average molecular weight is 346 g/mol. The highest BCUT2D eigenvalue weighted by Gasteiger charge is 2.07. The van der Waals surface area contributed by atoms with Gasteiger partial charge < -0.3 is 11.1 Å². The Labute approximate surface area is 130 Å². The summed E-state index contributed by atoms with van der Waals surface area (Å²) >= 11 is 3.39. The number of nitrogens with zero attached hydrogens (tertiary/aromatic N) is 1. The molecule has 0 fully saturated rings. The molecule has 0 bridgehead atoms. The van der Waals surface area contributed by atoms with Crippen LogP contribution in [-0.4, -0.2) is 4.98 Å². The van der Waals surface area contributed by atoms with E-state index in [4.69, 9.17) is 5.73 Å². The van der Waals surface area contributed by atoms with Gasteiger partial charge in [0, 0.05) is 33.9 Å². The Morgan fingerprint density at radius 2 is 2.00 bits per heavy atom. The molecule has 1 heterocycles. The molecule has 0 amide bonds. The lowest BCUT2D eigenvalue weighted by Crippen LogP contribution is -2.03. The van der Waals surface area contributed by atoms with Gasteiger partial charge in [0.05, 0.1) is 11.2 Å². The van der Waals surface area contributed by atoms with Gasteiger partial charge in [-0.05, 0) is 40.2 Å². The quantitative estimate of drug-likeness (QED) is 0.694. The fraction of sp³-hybridized carbons (Fsp3) is 0.0625. The number of pyridine rings is 1. The van der Waals surface area contributed by atoms with Crippen LogP contribution in [0.4, 0.5) is 15.8 Å². The number of benzene rings is 2. The van der Waals surface area contributed by atoms with Crippen LogP contribution < -0.4 is 11.1 Å². The molecular formula is C16H13BrFN3. The zero-order valence-corrected chi connectivity index (χ0v) is 12.7. The summed E-state index contributed by atoms with van der Waals surface area (Å²) in [6.45, 7) is 0.392. The molecule has 0 aliphatic rings. The number of hydrogen-bond acceptors (Lipinski definition) is 3. The molecule has 0 radical (unpaired) electrons. The third kappa shape index (κ3) is 2.83. The van der Waals surface area contributed by atoms with E-state index in [0.29, 0.717) is 17.8 Å². The minimum absolute atomic E-state index is 0.222. The summed E-state index contributed by atoms with van der Waals surface area (Å²) in [6, 6.07) is 12.3. The van der Waals surface area contributed by atoms with E-state index < -0.39 is 0 Å². The first-order chi connectivity index (χ1) is 10.1. The van der Waals surface area contributed by atoms with E-state index in [1.54, 1.807) is 18.3 Å². The van der Waals surface area contributed by atoms with Crippen molar-refractivity contribution < 1.29 is 4.39 Å². The van der Waals surface area contributed by atoms with E-state index in [1.807, 2.05) is 24.3 Å². The smallest absolute Gasteiger partial charge is 0.128 e. The predicted molar refractivity (Wildman–Crippen MR) is 87.6 cm³/mol. The standard InChI is InChI=1S/C16H13BrFN3/c17-11-7-12-14(19)5-6-15(16(12)21-9-11)20-8-10-3-1-2-4-13(10)18/h1-7,9,20H,8,19H2. The molecular weight excluding hydrogens is 333 g/mol. The summed E-state index contributed by atoms with van der Waals surface area (Å²) < 4.78 is 14.5. The highest BCUT2D eigenvalue weighted by atomic mass is 79.9. The third-order valence-electron chi connectivity index (χ3n) is 3.28. The number of nitrogen functional groups attached to an aromatic ring is 1. The molecule has 0 aliphatic carbocycles. The fourth-order valence-corrected chi connectivity index (χ4v) is 2.52. The van der Waals surface area contributed by atoms with Gasteiger partial charge in [-0.3, -0.25) is 4.98 Å². The average Bonchev–Trinajstić information content (AvgIpc) is 2.48. The van der Waals surface area contributed by atoms with Gasteiger partial charge in [-0.1, -0.05) is 18.2 Å². The number of halogens is 2. The van der Waals surface area contributed by atoms with E-state index in [2.05, 4.69) is 26.2 Å². The Balaban J connectivity index is 1.95. The SMILES string of the molecule is Nc1ccc(NCc2ccccc2F)c2ncc(Br)cc12. The van der Waals surface area contributed by atoms with E-state index in [9.17, 15) is 4.39 Å². The Morgan fingerprint density at radius 1 is 1.19 bits per heavy atom. The van der Waals surface area contributed by atoms with Gasteiger partial charge in [-0.25, -0.2) is 4.39 Å². The summed E-state index contributed by atoms with van der Waals surface area (Å²) in [7, 11) is 0. The van der Waals surface area contributed by atoms with Crippen LogP contribution in [0.5, 0.6) is 0 Å². The van der Waals surface area contributed by atoms with E-state index in [1.165, 1.54) is 6.07 Å². The zero-order valence-electron chi connectivity index (χ0n) is 11.1. The molecule has 0 atom stereocenters. The number of rotatable bonds is 3. The highest BCUT2D eigenvalue weighted by Crippen LogP contribution is 2.29. The molecule has 0 unspecified atom stereocenters. The van der Waals surface area contributed by atoms with E-state index in [-0.39, 0.29) is 5.82 Å². The number of hydrogen-bond donors (Lipinski definition) is 2. The van der Waals surface area contributed by atoms with Crippen molar-refractivity contribution in [2.45, 2.75) is 6.54 Å². The van der Waals surface area contributed by atoms with Crippen molar-refractivity contribution in [1.29, 1.82) is 0 Å². The zero-order chi connectivity index (χ0) is 14.8. The maximum Gasteiger partial charge on any atom is 0.128 e. The third-order valence-corrected chi connectivity index (χ3v) is 3.71. The molecule has 3 nitrogen and oxygen atoms in total. The number of fused-ring (bicyclic) bond motifs is 1. The van der Waals surface area contributed by atoms with Crippen LogP contribution in [0.25, 0.3) is 10.9 Å². The minimum atomic E-state index is -0.222. The van der Waals surface area contributed by atoms with Crippen molar-refractivity contribution >= 4 is 38.2 Å². The van der Waals surface area contributed by atoms with Crippen molar-refractivity contribution in [1.82, 2.24) is 4.98 Å². The second-order valence-electron chi connectivity index (χ2n) is 4.70. The molecule has 21 heavy (non-hydrogen) atoms. The molecule has 1 aromatic heterocycles. The molecule has 3 aromatic rings. The molecule has 0 saturated carbocycles. The first-order valence-corrected chi connectivity index (χ1v) is 7.25. The first kappa shape index (κ1) is 13.8. The van der Waals surface area contributed by atoms with Crippen molar-refractivity contribution in [2.75, 3.05) is 11.1 Å². The molecule has 3 rings (SSSR count). The van der Waals surface area contributed by atoms with Crippen LogP contribution in [0.2, 0.25) is 0 Å². The molecule has 0 spiro atoms. The molecule has 5 heteroatoms. The van der Waals surface area contributed by atoms with Crippen LogP contribution in [0.3, 0.4) is 0 Å². The summed E-state index contributed by atoms with van der Waals surface area (Å²) in [6.07, 6.45) is 1.72.